The first-order valence-corrected chi connectivity index (χ1v) is 7.79. The number of sulfone groups is 1. The molecule has 1 saturated heterocycles. The summed E-state index contributed by atoms with van der Waals surface area (Å²) >= 11 is 5.51. The Morgan fingerprint density at radius 1 is 1.58 bits per heavy atom. The molecule has 0 saturated carbocycles. The molecular formula is C11H12ClFN2O3S. The number of pyridine rings is 1. The number of carbonyl (C=O) groups excluding carboxylic acids is 1. The lowest BCUT2D eigenvalue weighted by Crippen LogP contribution is -2.38. The van der Waals surface area contributed by atoms with Crippen LogP contribution in [-0.2, 0) is 9.84 Å². The van der Waals surface area contributed by atoms with Crippen LogP contribution in [0.3, 0.4) is 0 Å². The van der Waals surface area contributed by atoms with Gasteiger partial charge in [0.15, 0.2) is 20.8 Å². The van der Waals surface area contributed by atoms with E-state index in [9.17, 15) is 17.6 Å². The zero-order chi connectivity index (χ0) is 14.2. The minimum atomic E-state index is -3.10. The zero-order valence-electron chi connectivity index (χ0n) is 10.1. The molecular weight excluding hydrogens is 295 g/mol. The van der Waals surface area contributed by atoms with Crippen LogP contribution < -0.4 is 0 Å². The Hall–Kier alpha value is -1.21. The van der Waals surface area contributed by atoms with E-state index in [1.165, 1.54) is 24.2 Å². The number of nitrogens with zero attached hydrogens (tertiary/aromatic N) is 2. The van der Waals surface area contributed by atoms with Crippen LogP contribution >= 0.6 is 11.6 Å². The summed E-state index contributed by atoms with van der Waals surface area (Å²) < 4.78 is 36.5. The van der Waals surface area contributed by atoms with E-state index in [1.807, 2.05) is 0 Å². The maximum atomic E-state index is 13.7. The summed E-state index contributed by atoms with van der Waals surface area (Å²) in [6, 6.07) is 0.799. The fraction of sp³-hybridized carbons (Fsp3) is 0.455. The smallest absolute Gasteiger partial charge is 0.257 e. The summed E-state index contributed by atoms with van der Waals surface area (Å²) in [4.78, 5) is 16.9. The molecule has 0 aromatic carbocycles. The van der Waals surface area contributed by atoms with Crippen LogP contribution in [-0.4, -0.2) is 48.8 Å². The molecule has 0 spiro atoms. The van der Waals surface area contributed by atoms with E-state index in [-0.39, 0.29) is 22.2 Å². The summed E-state index contributed by atoms with van der Waals surface area (Å²) in [7, 11) is -1.64. The lowest BCUT2D eigenvalue weighted by atomic mass is 10.2. The molecule has 1 unspecified atom stereocenters. The standard InChI is InChI=1S/C11H12ClFN2O3S/c1-15(7-3-5-19(17,18)6-7)11(16)8-2-4-14-10(12)9(8)13/h2,4,7H,3,5-6H2,1H3. The molecule has 1 atom stereocenters. The van der Waals surface area contributed by atoms with E-state index in [1.54, 1.807) is 0 Å². The van der Waals surface area contributed by atoms with Gasteiger partial charge in [-0.05, 0) is 12.5 Å². The lowest BCUT2D eigenvalue weighted by Gasteiger charge is -2.23. The molecule has 0 aliphatic carbocycles. The first-order valence-electron chi connectivity index (χ1n) is 5.59. The molecule has 0 radical (unpaired) electrons. The molecule has 1 aromatic heterocycles. The van der Waals surface area contributed by atoms with Crippen molar-refractivity contribution in [1.82, 2.24) is 9.88 Å². The third-order valence-corrected chi connectivity index (χ3v) is 5.17. The van der Waals surface area contributed by atoms with Crippen LogP contribution in [0.1, 0.15) is 16.8 Å². The normalized spacial score (nSPS) is 21.3. The molecule has 2 rings (SSSR count). The topological polar surface area (TPSA) is 67.3 Å². The van der Waals surface area contributed by atoms with E-state index in [0.717, 1.165) is 0 Å². The van der Waals surface area contributed by atoms with Crippen molar-refractivity contribution < 1.29 is 17.6 Å². The quantitative estimate of drug-likeness (QED) is 0.768. The molecule has 1 aliphatic heterocycles. The summed E-state index contributed by atoms with van der Waals surface area (Å²) in [5, 5.41) is -0.377. The summed E-state index contributed by atoms with van der Waals surface area (Å²) in [5.41, 5.74) is -0.202. The Balaban J connectivity index is 2.23. The highest BCUT2D eigenvalue weighted by molar-refractivity contribution is 7.91. The largest absolute Gasteiger partial charge is 0.338 e. The Bertz CT molecular complexity index is 620. The Kier molecular flexibility index (Phi) is 3.78. The SMILES string of the molecule is CN(C(=O)c1ccnc(Cl)c1F)C1CCS(=O)(=O)C1. The number of hydrogen-bond donors (Lipinski definition) is 0. The summed E-state index contributed by atoms with van der Waals surface area (Å²) in [5.74, 6) is -1.52. The van der Waals surface area contributed by atoms with Crippen molar-refractivity contribution >= 4 is 27.3 Å². The van der Waals surface area contributed by atoms with Crippen LogP contribution in [0.5, 0.6) is 0 Å². The molecule has 8 heteroatoms. The van der Waals surface area contributed by atoms with Crippen LogP contribution in [0.15, 0.2) is 12.3 Å². The van der Waals surface area contributed by atoms with Crippen molar-refractivity contribution in [3.63, 3.8) is 0 Å². The molecule has 1 aromatic rings. The first-order chi connectivity index (χ1) is 8.82. The highest BCUT2D eigenvalue weighted by Gasteiger charge is 2.33. The molecule has 104 valence electrons. The number of amides is 1. The summed E-state index contributed by atoms with van der Waals surface area (Å²) in [6.45, 7) is 0. The van der Waals surface area contributed by atoms with Gasteiger partial charge in [-0.2, -0.15) is 0 Å². The Morgan fingerprint density at radius 2 is 2.26 bits per heavy atom. The highest BCUT2D eigenvalue weighted by atomic mass is 35.5. The molecule has 0 N–H and O–H groups in total. The second-order valence-corrected chi connectivity index (χ2v) is 7.02. The molecule has 1 aliphatic rings. The average molecular weight is 307 g/mol. The Labute approximate surface area is 115 Å². The molecule has 0 bridgehead atoms. The van der Waals surface area contributed by atoms with Gasteiger partial charge in [-0.1, -0.05) is 11.6 Å². The number of rotatable bonds is 2. The fourth-order valence-corrected chi connectivity index (χ4v) is 3.95. The van der Waals surface area contributed by atoms with Crippen molar-refractivity contribution in [3.8, 4) is 0 Å². The first kappa shape index (κ1) is 14.2. The van der Waals surface area contributed by atoms with Gasteiger partial charge < -0.3 is 4.90 Å². The van der Waals surface area contributed by atoms with Gasteiger partial charge in [-0.25, -0.2) is 17.8 Å². The monoisotopic (exact) mass is 306 g/mol. The number of hydrogen-bond acceptors (Lipinski definition) is 4. The lowest BCUT2D eigenvalue weighted by molar-refractivity contribution is 0.0743. The van der Waals surface area contributed by atoms with Gasteiger partial charge in [0.05, 0.1) is 17.1 Å². The van der Waals surface area contributed by atoms with Crippen molar-refractivity contribution in [3.05, 3.63) is 28.8 Å². The molecule has 2 heterocycles. The number of carbonyl (C=O) groups is 1. The van der Waals surface area contributed by atoms with Crippen molar-refractivity contribution in [2.45, 2.75) is 12.5 Å². The van der Waals surface area contributed by atoms with E-state index >= 15 is 0 Å². The fourth-order valence-electron chi connectivity index (χ4n) is 2.02. The second-order valence-electron chi connectivity index (χ2n) is 4.44. The predicted molar refractivity (Wildman–Crippen MR) is 68.4 cm³/mol. The van der Waals surface area contributed by atoms with E-state index in [4.69, 9.17) is 11.6 Å². The van der Waals surface area contributed by atoms with Gasteiger partial charge in [0.25, 0.3) is 5.91 Å². The highest BCUT2D eigenvalue weighted by Crippen LogP contribution is 2.21. The molecule has 1 fully saturated rings. The van der Waals surface area contributed by atoms with Gasteiger partial charge in [0, 0.05) is 19.3 Å². The third-order valence-electron chi connectivity index (χ3n) is 3.15. The Morgan fingerprint density at radius 3 is 2.84 bits per heavy atom. The molecule has 1 amide bonds. The van der Waals surface area contributed by atoms with Crippen LogP contribution in [0, 0.1) is 5.82 Å². The van der Waals surface area contributed by atoms with Gasteiger partial charge >= 0.3 is 0 Å². The van der Waals surface area contributed by atoms with Crippen LogP contribution in [0.25, 0.3) is 0 Å². The zero-order valence-corrected chi connectivity index (χ0v) is 11.7. The summed E-state index contributed by atoms with van der Waals surface area (Å²) in [6.07, 6.45) is 1.60. The molecule has 5 nitrogen and oxygen atoms in total. The maximum absolute atomic E-state index is 13.7. The third kappa shape index (κ3) is 2.87. The van der Waals surface area contributed by atoms with Gasteiger partial charge in [0.1, 0.15) is 0 Å². The van der Waals surface area contributed by atoms with E-state index in [0.29, 0.717) is 6.42 Å². The van der Waals surface area contributed by atoms with Gasteiger partial charge in [-0.15, -0.1) is 0 Å². The van der Waals surface area contributed by atoms with E-state index < -0.39 is 27.6 Å². The minimum absolute atomic E-state index is 0.0505. The second kappa shape index (κ2) is 5.05. The maximum Gasteiger partial charge on any atom is 0.257 e. The average Bonchev–Trinajstić information content (AvgIpc) is 2.71. The van der Waals surface area contributed by atoms with Crippen molar-refractivity contribution in [2.24, 2.45) is 0 Å². The van der Waals surface area contributed by atoms with E-state index in [2.05, 4.69) is 4.98 Å². The van der Waals surface area contributed by atoms with Crippen molar-refractivity contribution in [1.29, 1.82) is 0 Å². The number of aromatic nitrogens is 1. The van der Waals surface area contributed by atoms with Crippen LogP contribution in [0.4, 0.5) is 4.39 Å². The van der Waals surface area contributed by atoms with Crippen LogP contribution in [0.2, 0.25) is 5.15 Å². The predicted octanol–water partition coefficient (Wildman–Crippen LogP) is 1.13. The van der Waals surface area contributed by atoms with Gasteiger partial charge in [0.2, 0.25) is 0 Å². The number of halogens is 2. The van der Waals surface area contributed by atoms with Gasteiger partial charge in [-0.3, -0.25) is 4.79 Å². The minimum Gasteiger partial charge on any atom is -0.338 e. The van der Waals surface area contributed by atoms with Crippen molar-refractivity contribution in [2.75, 3.05) is 18.6 Å². The molecule has 19 heavy (non-hydrogen) atoms.